The Hall–Kier alpha value is -2.27. The maximum absolute atomic E-state index is 11.6. The van der Waals surface area contributed by atoms with E-state index >= 15 is 0 Å². The van der Waals surface area contributed by atoms with Crippen LogP contribution >= 0.6 is 15.9 Å². The number of rotatable bonds is 4. The topological polar surface area (TPSA) is 44.8 Å². The first-order valence-electron chi connectivity index (χ1n) is 6.94. The van der Waals surface area contributed by atoms with Gasteiger partial charge in [-0.15, -0.1) is 0 Å². The van der Waals surface area contributed by atoms with Crippen molar-refractivity contribution in [3.63, 3.8) is 0 Å². The normalized spacial score (nSPS) is 10.8. The Morgan fingerprint density at radius 3 is 2.00 bits per heavy atom. The van der Waals surface area contributed by atoms with Gasteiger partial charge in [-0.05, 0) is 67.8 Å². The molecule has 0 amide bonds. The summed E-state index contributed by atoms with van der Waals surface area (Å²) in [6, 6.07) is 9.45. The third-order valence-electron chi connectivity index (χ3n) is 3.92. The van der Waals surface area contributed by atoms with E-state index in [4.69, 9.17) is 14.2 Å². The van der Waals surface area contributed by atoms with Crippen molar-refractivity contribution in [2.45, 2.75) is 0 Å². The fourth-order valence-electron chi connectivity index (χ4n) is 2.77. The number of hydrogen-bond donors (Lipinski definition) is 0. The highest BCUT2D eigenvalue weighted by molar-refractivity contribution is 9.10. The zero-order valence-corrected chi connectivity index (χ0v) is 14.6. The molecule has 3 aromatic carbocycles. The van der Waals surface area contributed by atoms with Crippen LogP contribution in [0.15, 0.2) is 34.8 Å². The average molecular weight is 375 g/mol. The maximum atomic E-state index is 11.6. The summed E-state index contributed by atoms with van der Waals surface area (Å²) in [6.45, 7) is 0. The van der Waals surface area contributed by atoms with Gasteiger partial charge in [0.1, 0.15) is 5.75 Å². The highest BCUT2D eigenvalue weighted by Crippen LogP contribution is 2.41. The minimum atomic E-state index is 0.581. The van der Waals surface area contributed by atoms with Crippen molar-refractivity contribution in [2.75, 3.05) is 21.3 Å². The van der Waals surface area contributed by atoms with Gasteiger partial charge in [-0.2, -0.15) is 0 Å². The van der Waals surface area contributed by atoms with Crippen molar-refractivity contribution >= 4 is 43.8 Å². The van der Waals surface area contributed by atoms with Crippen LogP contribution in [0.3, 0.4) is 0 Å². The Balaban J connectivity index is 2.55. The van der Waals surface area contributed by atoms with Gasteiger partial charge >= 0.3 is 0 Å². The summed E-state index contributed by atoms with van der Waals surface area (Å²) < 4.78 is 16.8. The molecule has 23 heavy (non-hydrogen) atoms. The molecule has 0 spiro atoms. The van der Waals surface area contributed by atoms with E-state index in [-0.39, 0.29) is 0 Å². The van der Waals surface area contributed by atoms with E-state index in [0.717, 1.165) is 38.1 Å². The second-order valence-electron chi connectivity index (χ2n) is 5.01. The van der Waals surface area contributed by atoms with Crippen LogP contribution in [-0.2, 0) is 0 Å². The molecule has 0 bridgehead atoms. The van der Waals surface area contributed by atoms with Crippen molar-refractivity contribution < 1.29 is 19.0 Å². The highest BCUT2D eigenvalue weighted by Gasteiger charge is 2.16. The van der Waals surface area contributed by atoms with E-state index in [1.54, 1.807) is 21.3 Å². The molecule has 5 heteroatoms. The van der Waals surface area contributed by atoms with Crippen molar-refractivity contribution in [3.05, 3.63) is 40.4 Å². The van der Waals surface area contributed by atoms with Crippen LogP contribution in [-0.4, -0.2) is 27.6 Å². The molecule has 0 N–H and O–H groups in total. The average Bonchev–Trinajstić information content (AvgIpc) is 2.60. The molecule has 0 saturated heterocycles. The van der Waals surface area contributed by atoms with Crippen molar-refractivity contribution in [1.29, 1.82) is 0 Å². The molecule has 0 radical (unpaired) electrons. The Morgan fingerprint density at radius 2 is 1.43 bits per heavy atom. The first-order chi connectivity index (χ1) is 11.1. The Morgan fingerprint density at radius 1 is 0.826 bits per heavy atom. The van der Waals surface area contributed by atoms with Crippen LogP contribution in [0.1, 0.15) is 10.4 Å². The third-order valence-corrected chi connectivity index (χ3v) is 4.78. The van der Waals surface area contributed by atoms with Gasteiger partial charge in [0.15, 0.2) is 17.8 Å². The number of methoxy groups -OCH3 is 3. The molecule has 0 unspecified atom stereocenters. The molecule has 0 aromatic heterocycles. The molecule has 0 fully saturated rings. The van der Waals surface area contributed by atoms with Crippen molar-refractivity contribution in [1.82, 2.24) is 0 Å². The van der Waals surface area contributed by atoms with E-state index in [9.17, 15) is 4.79 Å². The van der Waals surface area contributed by atoms with E-state index in [1.165, 1.54) is 0 Å². The molecular weight excluding hydrogens is 360 g/mol. The number of carbonyl (C=O) groups is 1. The lowest BCUT2D eigenvalue weighted by Crippen LogP contribution is -1.95. The number of ether oxygens (including phenoxy) is 3. The lowest BCUT2D eigenvalue weighted by Gasteiger charge is -2.15. The molecule has 0 aliphatic heterocycles. The van der Waals surface area contributed by atoms with Crippen LogP contribution in [0, 0.1) is 0 Å². The van der Waals surface area contributed by atoms with Crippen LogP contribution in [0.5, 0.6) is 17.2 Å². The Bertz CT molecular complexity index is 918. The number of carbonyl (C=O) groups excluding carboxylic acids is 1. The molecular formula is C18H15BrO4. The third kappa shape index (κ3) is 2.41. The fraction of sp³-hybridized carbons (Fsp3) is 0.167. The number of benzene rings is 3. The zero-order chi connectivity index (χ0) is 16.6. The van der Waals surface area contributed by atoms with Crippen LogP contribution in [0.25, 0.3) is 21.5 Å². The van der Waals surface area contributed by atoms with E-state index < -0.39 is 0 Å². The summed E-state index contributed by atoms with van der Waals surface area (Å²) in [5.74, 6) is 1.94. The van der Waals surface area contributed by atoms with Gasteiger partial charge in [0.25, 0.3) is 0 Å². The maximum Gasteiger partial charge on any atom is 0.161 e. The second-order valence-corrected chi connectivity index (χ2v) is 5.80. The molecule has 0 aliphatic carbocycles. The first-order valence-corrected chi connectivity index (χ1v) is 7.74. The minimum absolute atomic E-state index is 0.581. The SMILES string of the molecule is COc1ccc2c(Br)c(C=O)c3cc(OC)c(OC)cc3c2c1. The van der Waals surface area contributed by atoms with Gasteiger partial charge in [-0.3, -0.25) is 4.79 Å². The van der Waals surface area contributed by atoms with Gasteiger partial charge < -0.3 is 14.2 Å². The fourth-order valence-corrected chi connectivity index (χ4v) is 3.42. The van der Waals surface area contributed by atoms with E-state index in [0.29, 0.717) is 17.1 Å². The molecule has 118 valence electrons. The summed E-state index contributed by atoms with van der Waals surface area (Å²) in [4.78, 5) is 11.6. The Kier molecular flexibility index (Phi) is 4.13. The molecule has 4 nitrogen and oxygen atoms in total. The summed E-state index contributed by atoms with van der Waals surface area (Å²) in [7, 11) is 4.79. The zero-order valence-electron chi connectivity index (χ0n) is 13.0. The molecule has 3 aromatic rings. The first kappa shape index (κ1) is 15.6. The molecule has 0 atom stereocenters. The number of hydrogen-bond acceptors (Lipinski definition) is 4. The summed E-state index contributed by atoms with van der Waals surface area (Å²) in [5, 5.41) is 3.61. The van der Waals surface area contributed by atoms with Crippen molar-refractivity contribution in [2.24, 2.45) is 0 Å². The van der Waals surface area contributed by atoms with Gasteiger partial charge in [0.05, 0.1) is 21.3 Å². The standard InChI is InChI=1S/C18H15BrO4/c1-21-10-4-5-11-12(6-10)13-7-16(22-2)17(23-3)8-14(13)15(9-20)18(11)19/h4-9H,1-3H3. The summed E-state index contributed by atoms with van der Waals surface area (Å²) >= 11 is 3.55. The van der Waals surface area contributed by atoms with E-state index in [1.807, 2.05) is 30.3 Å². The second kappa shape index (κ2) is 6.08. The number of fused-ring (bicyclic) bond motifs is 3. The molecule has 3 rings (SSSR count). The largest absolute Gasteiger partial charge is 0.497 e. The highest BCUT2D eigenvalue weighted by atomic mass is 79.9. The Labute approximate surface area is 142 Å². The summed E-state index contributed by atoms with van der Waals surface area (Å²) in [5.41, 5.74) is 0.582. The van der Waals surface area contributed by atoms with Gasteiger partial charge in [0.2, 0.25) is 0 Å². The lowest BCUT2D eigenvalue weighted by molar-refractivity contribution is 0.112. The van der Waals surface area contributed by atoms with Crippen LogP contribution < -0.4 is 14.2 Å². The van der Waals surface area contributed by atoms with Gasteiger partial charge in [-0.25, -0.2) is 0 Å². The van der Waals surface area contributed by atoms with Crippen molar-refractivity contribution in [3.8, 4) is 17.2 Å². The van der Waals surface area contributed by atoms with Gasteiger partial charge in [-0.1, -0.05) is 0 Å². The monoisotopic (exact) mass is 374 g/mol. The predicted molar refractivity (Wildman–Crippen MR) is 94.2 cm³/mol. The molecule has 0 saturated carbocycles. The van der Waals surface area contributed by atoms with Crippen LogP contribution in [0.2, 0.25) is 0 Å². The minimum Gasteiger partial charge on any atom is -0.497 e. The molecule has 0 heterocycles. The lowest BCUT2D eigenvalue weighted by atomic mass is 9.97. The quantitative estimate of drug-likeness (QED) is 0.494. The molecule has 0 aliphatic rings. The van der Waals surface area contributed by atoms with Crippen LogP contribution in [0.4, 0.5) is 0 Å². The predicted octanol–water partition coefficient (Wildman–Crippen LogP) is 4.59. The number of halogens is 1. The van der Waals surface area contributed by atoms with E-state index in [2.05, 4.69) is 15.9 Å². The number of aldehydes is 1. The summed E-state index contributed by atoms with van der Waals surface area (Å²) in [6.07, 6.45) is 0.849. The van der Waals surface area contributed by atoms with Gasteiger partial charge in [0, 0.05) is 10.0 Å². The smallest absolute Gasteiger partial charge is 0.161 e.